The van der Waals surface area contributed by atoms with Crippen LogP contribution in [0.2, 0.25) is 39.3 Å². The summed E-state index contributed by atoms with van der Waals surface area (Å²) in [6, 6.07) is 10.3. The van der Waals surface area contributed by atoms with Crippen LogP contribution in [-0.4, -0.2) is 35.3 Å². The molecule has 1 N–H and O–H groups in total. The third-order valence-corrected chi connectivity index (χ3v) is 7.69. The third-order valence-electron chi connectivity index (χ3n) is 1.69. The molecule has 0 bridgehead atoms. The minimum absolute atomic E-state index is 0. The number of nitrogens with one attached hydrogen (secondary N) is 1. The van der Waals surface area contributed by atoms with E-state index in [0.29, 0.717) is 0 Å². The topological polar surface area (TPSA) is 12.0 Å². The van der Waals surface area contributed by atoms with Gasteiger partial charge in [0, 0.05) is 18.9 Å². The van der Waals surface area contributed by atoms with E-state index in [1.807, 2.05) is 18.2 Å². The van der Waals surface area contributed by atoms with Crippen molar-refractivity contribution in [2.75, 3.05) is 0 Å². The third kappa shape index (κ3) is 16.2. The second-order valence-corrected chi connectivity index (χ2v) is 16.3. The molecule has 0 saturated carbocycles. The van der Waals surface area contributed by atoms with Crippen LogP contribution >= 0.6 is 0 Å². The van der Waals surface area contributed by atoms with Crippen LogP contribution in [0.25, 0.3) is 0 Å². The Bertz CT molecular complexity index is 277. The first-order chi connectivity index (χ1) is 7.10. The summed E-state index contributed by atoms with van der Waals surface area (Å²) in [5, 5.41) is 0. The second-order valence-electron chi connectivity index (χ2n) is 6.28. The summed E-state index contributed by atoms with van der Waals surface area (Å²) in [6.07, 6.45) is 0. The molecule has 0 aromatic heterocycles. The van der Waals surface area contributed by atoms with Crippen LogP contribution in [0.1, 0.15) is 5.56 Å². The second kappa shape index (κ2) is 8.34. The van der Waals surface area contributed by atoms with E-state index in [1.54, 1.807) is 0 Å². The molecule has 17 heavy (non-hydrogen) atoms. The quantitative estimate of drug-likeness (QED) is 0.796. The van der Waals surface area contributed by atoms with E-state index in [0.717, 1.165) is 0 Å². The van der Waals surface area contributed by atoms with Crippen molar-refractivity contribution in [1.82, 2.24) is 4.65 Å². The molecule has 93 valence electrons. The van der Waals surface area contributed by atoms with Crippen LogP contribution in [-0.2, 0) is 0 Å². The van der Waals surface area contributed by atoms with Gasteiger partial charge in [-0.05, 0) is 6.92 Å². The zero-order valence-corrected chi connectivity index (χ0v) is 14.9. The minimum atomic E-state index is -0.981. The molecule has 0 atom stereocenters. The first-order valence-corrected chi connectivity index (χ1v) is 12.9. The van der Waals surface area contributed by atoms with Crippen molar-refractivity contribution in [1.29, 1.82) is 0 Å². The average molecular weight is 260 g/mol. The molecule has 0 spiro atoms. The predicted molar refractivity (Wildman–Crippen MR) is 86.8 cm³/mol. The molecule has 1 rings (SSSR count). The van der Waals surface area contributed by atoms with Gasteiger partial charge in [-0.2, -0.15) is 0 Å². The van der Waals surface area contributed by atoms with Gasteiger partial charge in [-0.1, -0.05) is 75.2 Å². The maximum Gasteiger partial charge on any atom is 0.109 e. The van der Waals surface area contributed by atoms with Gasteiger partial charge in [0.2, 0.25) is 0 Å². The van der Waals surface area contributed by atoms with E-state index in [4.69, 9.17) is 0 Å². The van der Waals surface area contributed by atoms with Crippen LogP contribution in [0.15, 0.2) is 30.3 Å². The molecule has 0 aliphatic rings. The van der Waals surface area contributed by atoms with E-state index in [9.17, 15) is 0 Å². The Morgan fingerprint density at radius 1 is 0.765 bits per heavy atom. The smallest absolute Gasteiger partial charge is 0.109 e. The van der Waals surface area contributed by atoms with Gasteiger partial charge in [0.05, 0.1) is 0 Å². The Labute approximate surface area is 122 Å². The van der Waals surface area contributed by atoms with Crippen molar-refractivity contribution >= 4 is 35.3 Å². The van der Waals surface area contributed by atoms with E-state index >= 15 is 0 Å². The maximum absolute atomic E-state index is 3.74. The van der Waals surface area contributed by atoms with Crippen LogP contribution in [0.4, 0.5) is 0 Å². The minimum Gasteiger partial charge on any atom is -0.360 e. The average Bonchev–Trinajstić information content (AvgIpc) is 1.99. The molecule has 0 saturated heterocycles. The monoisotopic (exact) mass is 260 g/mol. The molecule has 1 aromatic carbocycles. The fourth-order valence-corrected chi connectivity index (χ4v) is 10.7. The summed E-state index contributed by atoms with van der Waals surface area (Å²) < 4.78 is 3.74. The van der Waals surface area contributed by atoms with Crippen LogP contribution in [0, 0.1) is 6.92 Å². The summed E-state index contributed by atoms with van der Waals surface area (Å²) >= 11 is 0. The fraction of sp³-hybridized carbons (Fsp3) is 0.538. The number of aryl methyl sites for hydroxylation is 1. The number of hydrogen-bond donors (Lipinski definition) is 1. The summed E-state index contributed by atoms with van der Waals surface area (Å²) in [5.74, 6) is 0. The molecule has 0 heterocycles. The molecule has 0 unspecified atom stereocenters. The molecular formula is C13H27LiNSi2. The van der Waals surface area contributed by atoms with E-state index in [2.05, 4.69) is 63.0 Å². The normalized spacial score (nSPS) is 11.0. The fourth-order valence-electron chi connectivity index (χ4n) is 1.66. The van der Waals surface area contributed by atoms with Gasteiger partial charge in [-0.15, -0.1) is 0 Å². The SMILES string of the molecule is C[Si](C)(C)N[Si](C)(C)C.Cc1ccccc1.[Li]. The van der Waals surface area contributed by atoms with E-state index in [-0.39, 0.29) is 18.9 Å². The summed E-state index contributed by atoms with van der Waals surface area (Å²) in [4.78, 5) is 0. The molecule has 0 amide bonds. The molecule has 1 radical (unpaired) electrons. The first-order valence-electron chi connectivity index (χ1n) is 5.91. The van der Waals surface area contributed by atoms with Gasteiger partial charge < -0.3 is 4.65 Å². The molecule has 1 aromatic rings. The van der Waals surface area contributed by atoms with Gasteiger partial charge in [0.1, 0.15) is 16.5 Å². The van der Waals surface area contributed by atoms with Crippen LogP contribution in [0.5, 0.6) is 0 Å². The first kappa shape index (κ1) is 19.5. The number of hydrogen-bond acceptors (Lipinski definition) is 1. The Balaban J connectivity index is 0. The Morgan fingerprint density at radius 3 is 1.24 bits per heavy atom. The largest absolute Gasteiger partial charge is 0.360 e. The van der Waals surface area contributed by atoms with Crippen molar-refractivity contribution in [3.05, 3.63) is 35.9 Å². The molecule has 1 nitrogen and oxygen atoms in total. The Morgan fingerprint density at radius 2 is 1.12 bits per heavy atom. The molecule has 4 heteroatoms. The molecular weight excluding hydrogens is 233 g/mol. The van der Waals surface area contributed by atoms with Crippen LogP contribution < -0.4 is 4.65 Å². The number of rotatable bonds is 2. The summed E-state index contributed by atoms with van der Waals surface area (Å²) in [7, 11) is -1.96. The standard InChI is InChI=1S/C7H8.C6H19NSi2.Li/c1-7-5-3-2-4-6-7;1-8(2,3)7-9(4,5)6;/h2-6H,1H3;7H,1-6H3;. The molecule has 0 aliphatic heterocycles. The van der Waals surface area contributed by atoms with Gasteiger partial charge in [-0.3, -0.25) is 0 Å². The van der Waals surface area contributed by atoms with Crippen LogP contribution in [0.3, 0.4) is 0 Å². The maximum atomic E-state index is 3.74. The summed E-state index contributed by atoms with van der Waals surface area (Å²) in [5.41, 5.74) is 1.32. The van der Waals surface area contributed by atoms with Gasteiger partial charge >= 0.3 is 0 Å². The van der Waals surface area contributed by atoms with E-state index in [1.165, 1.54) is 5.56 Å². The Kier molecular flexibility index (Phi) is 9.59. The number of benzene rings is 1. The van der Waals surface area contributed by atoms with Gasteiger partial charge in [0.25, 0.3) is 0 Å². The van der Waals surface area contributed by atoms with Crippen molar-refractivity contribution in [3.8, 4) is 0 Å². The van der Waals surface area contributed by atoms with Gasteiger partial charge in [0.15, 0.2) is 0 Å². The van der Waals surface area contributed by atoms with Crippen molar-refractivity contribution < 1.29 is 0 Å². The predicted octanol–water partition coefficient (Wildman–Crippen LogP) is 3.86. The summed E-state index contributed by atoms with van der Waals surface area (Å²) in [6.45, 7) is 16.2. The zero-order chi connectivity index (χ0) is 12.8. The zero-order valence-electron chi connectivity index (χ0n) is 12.9. The van der Waals surface area contributed by atoms with Crippen molar-refractivity contribution in [3.63, 3.8) is 0 Å². The van der Waals surface area contributed by atoms with Crippen molar-refractivity contribution in [2.24, 2.45) is 0 Å². The van der Waals surface area contributed by atoms with Crippen molar-refractivity contribution in [2.45, 2.75) is 46.2 Å². The van der Waals surface area contributed by atoms with Gasteiger partial charge in [-0.25, -0.2) is 0 Å². The Hall–Kier alpha value is 0.211. The molecule has 0 aliphatic carbocycles. The van der Waals surface area contributed by atoms with E-state index < -0.39 is 16.5 Å². The molecule has 0 fully saturated rings.